The standard InChI is InChI=1S/C25H36O3/c1-2-3-4-5-6-7-8-9-10-11-12-19-20-16-21(26)28-25(20)23-18-14-13-17(15-18)22(23)24(19)27/h17-18,27H,2-16H2,1H3. The summed E-state index contributed by atoms with van der Waals surface area (Å²) in [4.78, 5) is 12.0. The molecule has 0 radical (unpaired) electrons. The van der Waals surface area contributed by atoms with Crippen LogP contribution in [0.4, 0.5) is 0 Å². The van der Waals surface area contributed by atoms with E-state index >= 15 is 0 Å². The van der Waals surface area contributed by atoms with Crippen molar-refractivity contribution in [1.29, 1.82) is 0 Å². The number of carbonyl (C=O) groups excluding carboxylic acids is 1. The first-order valence-electron chi connectivity index (χ1n) is 11.8. The fourth-order valence-electron chi connectivity index (χ4n) is 5.84. The van der Waals surface area contributed by atoms with Gasteiger partial charge >= 0.3 is 5.97 Å². The SMILES string of the molecule is CCCCCCCCCCCCc1c(O)c2c(c3c1CC(=O)O3)C1CCC2C1. The molecule has 1 N–H and O–H groups in total. The number of aromatic hydroxyl groups is 1. The van der Waals surface area contributed by atoms with Gasteiger partial charge in [0.15, 0.2) is 0 Å². The van der Waals surface area contributed by atoms with Gasteiger partial charge in [0.05, 0.1) is 6.42 Å². The van der Waals surface area contributed by atoms with Gasteiger partial charge in [-0.1, -0.05) is 64.7 Å². The van der Waals surface area contributed by atoms with E-state index in [1.54, 1.807) is 0 Å². The van der Waals surface area contributed by atoms with Crippen LogP contribution >= 0.6 is 0 Å². The van der Waals surface area contributed by atoms with Gasteiger partial charge in [-0.2, -0.15) is 0 Å². The average molecular weight is 385 g/mol. The molecular weight excluding hydrogens is 348 g/mol. The molecular formula is C25H36O3. The number of hydrogen-bond acceptors (Lipinski definition) is 3. The number of esters is 1. The van der Waals surface area contributed by atoms with Crippen molar-refractivity contribution in [1.82, 2.24) is 0 Å². The zero-order valence-electron chi connectivity index (χ0n) is 17.5. The Hall–Kier alpha value is -1.51. The Morgan fingerprint density at radius 3 is 2.18 bits per heavy atom. The smallest absolute Gasteiger partial charge is 0.315 e. The fourth-order valence-corrected chi connectivity index (χ4v) is 5.84. The first kappa shape index (κ1) is 19.8. The molecule has 28 heavy (non-hydrogen) atoms. The minimum Gasteiger partial charge on any atom is -0.507 e. The maximum atomic E-state index is 12.0. The van der Waals surface area contributed by atoms with E-state index in [4.69, 9.17) is 4.74 Å². The molecule has 0 aromatic heterocycles. The van der Waals surface area contributed by atoms with E-state index in [1.807, 2.05) is 0 Å². The van der Waals surface area contributed by atoms with Crippen molar-refractivity contribution in [2.45, 2.75) is 115 Å². The van der Waals surface area contributed by atoms with Crippen molar-refractivity contribution in [3.63, 3.8) is 0 Å². The number of carbonyl (C=O) groups is 1. The summed E-state index contributed by atoms with van der Waals surface area (Å²) in [5, 5.41) is 11.1. The number of rotatable bonds is 11. The topological polar surface area (TPSA) is 46.5 Å². The molecule has 2 atom stereocenters. The van der Waals surface area contributed by atoms with Gasteiger partial charge in [-0.05, 0) is 43.9 Å². The quantitative estimate of drug-likeness (QED) is 0.263. The van der Waals surface area contributed by atoms with Gasteiger partial charge in [-0.3, -0.25) is 4.79 Å². The molecule has 2 unspecified atom stereocenters. The molecule has 3 nitrogen and oxygen atoms in total. The maximum absolute atomic E-state index is 12.0. The van der Waals surface area contributed by atoms with Crippen molar-refractivity contribution in [3.05, 3.63) is 22.3 Å². The first-order chi connectivity index (χ1) is 13.7. The third-order valence-electron chi connectivity index (χ3n) is 7.28. The molecule has 2 bridgehead atoms. The minimum atomic E-state index is -0.144. The lowest BCUT2D eigenvalue weighted by atomic mass is 9.84. The molecule has 1 aromatic rings. The maximum Gasteiger partial charge on any atom is 0.315 e. The summed E-state index contributed by atoms with van der Waals surface area (Å²) in [5.41, 5.74) is 4.34. The predicted octanol–water partition coefficient (Wildman–Crippen LogP) is 6.68. The number of fused-ring (bicyclic) bond motifs is 7. The van der Waals surface area contributed by atoms with Gasteiger partial charge in [0.2, 0.25) is 0 Å². The van der Waals surface area contributed by atoms with Crippen molar-refractivity contribution in [2.75, 3.05) is 0 Å². The zero-order valence-corrected chi connectivity index (χ0v) is 17.5. The number of ether oxygens (including phenoxy) is 1. The van der Waals surface area contributed by atoms with E-state index in [0.717, 1.165) is 41.7 Å². The van der Waals surface area contributed by atoms with Gasteiger partial charge < -0.3 is 9.84 Å². The van der Waals surface area contributed by atoms with Crippen molar-refractivity contribution < 1.29 is 14.6 Å². The summed E-state index contributed by atoms with van der Waals surface area (Å²) < 4.78 is 5.65. The molecule has 4 rings (SSSR count). The van der Waals surface area contributed by atoms with Gasteiger partial charge in [-0.15, -0.1) is 0 Å². The molecule has 1 heterocycles. The molecule has 1 fully saturated rings. The molecule has 3 aliphatic rings. The van der Waals surface area contributed by atoms with Gasteiger partial charge in [0, 0.05) is 22.3 Å². The molecule has 3 heteroatoms. The number of unbranched alkanes of at least 4 members (excludes halogenated alkanes) is 9. The highest BCUT2D eigenvalue weighted by molar-refractivity contribution is 5.85. The van der Waals surface area contributed by atoms with Crippen molar-refractivity contribution >= 4 is 5.97 Å². The highest BCUT2D eigenvalue weighted by atomic mass is 16.5. The Balaban J connectivity index is 1.32. The second-order valence-corrected chi connectivity index (χ2v) is 9.25. The molecule has 0 amide bonds. The van der Waals surface area contributed by atoms with Crippen molar-refractivity contribution in [3.8, 4) is 11.5 Å². The number of benzene rings is 1. The van der Waals surface area contributed by atoms with E-state index in [-0.39, 0.29) is 5.97 Å². The fraction of sp³-hybridized carbons (Fsp3) is 0.720. The molecule has 1 aromatic carbocycles. The van der Waals surface area contributed by atoms with E-state index in [2.05, 4.69) is 6.92 Å². The predicted molar refractivity (Wildman–Crippen MR) is 112 cm³/mol. The lowest BCUT2D eigenvalue weighted by Crippen LogP contribution is -2.05. The Morgan fingerprint density at radius 2 is 1.50 bits per heavy atom. The highest BCUT2D eigenvalue weighted by Gasteiger charge is 2.45. The van der Waals surface area contributed by atoms with Crippen LogP contribution in [0.25, 0.3) is 0 Å². The van der Waals surface area contributed by atoms with E-state index < -0.39 is 0 Å². The van der Waals surface area contributed by atoms with Crippen LogP contribution in [-0.4, -0.2) is 11.1 Å². The number of hydrogen-bond donors (Lipinski definition) is 1. The highest BCUT2D eigenvalue weighted by Crippen LogP contribution is 2.61. The van der Waals surface area contributed by atoms with Crippen LogP contribution in [0, 0.1) is 0 Å². The molecule has 0 spiro atoms. The van der Waals surface area contributed by atoms with Crippen LogP contribution in [0.3, 0.4) is 0 Å². The van der Waals surface area contributed by atoms with E-state index in [0.29, 0.717) is 24.0 Å². The monoisotopic (exact) mass is 384 g/mol. The average Bonchev–Trinajstić information content (AvgIpc) is 3.39. The van der Waals surface area contributed by atoms with Crippen LogP contribution in [0.1, 0.15) is 124 Å². The van der Waals surface area contributed by atoms with Crippen LogP contribution in [-0.2, 0) is 17.6 Å². The minimum absolute atomic E-state index is 0.144. The summed E-state index contributed by atoms with van der Waals surface area (Å²) in [6.07, 6.45) is 17.8. The molecule has 2 aliphatic carbocycles. The van der Waals surface area contributed by atoms with Gasteiger partial charge in [0.25, 0.3) is 0 Å². The lowest BCUT2D eigenvalue weighted by molar-refractivity contribution is -0.131. The zero-order chi connectivity index (χ0) is 19.5. The Kier molecular flexibility index (Phi) is 6.28. The Labute approximate surface area is 169 Å². The third-order valence-corrected chi connectivity index (χ3v) is 7.28. The van der Waals surface area contributed by atoms with Crippen molar-refractivity contribution in [2.24, 2.45) is 0 Å². The van der Waals surface area contributed by atoms with E-state index in [1.165, 1.54) is 76.2 Å². The van der Waals surface area contributed by atoms with Crippen LogP contribution in [0.15, 0.2) is 0 Å². The Bertz CT molecular complexity index is 721. The van der Waals surface area contributed by atoms with Crippen LogP contribution in [0.5, 0.6) is 11.5 Å². The van der Waals surface area contributed by atoms with Crippen LogP contribution < -0.4 is 4.74 Å². The summed E-state index contributed by atoms with van der Waals surface area (Å²) in [6, 6.07) is 0. The van der Waals surface area contributed by atoms with Crippen LogP contribution in [0.2, 0.25) is 0 Å². The summed E-state index contributed by atoms with van der Waals surface area (Å²) in [5.74, 6) is 2.19. The molecule has 154 valence electrons. The largest absolute Gasteiger partial charge is 0.507 e. The molecule has 1 saturated carbocycles. The second kappa shape index (κ2) is 8.88. The summed E-state index contributed by atoms with van der Waals surface area (Å²) >= 11 is 0. The molecule has 1 aliphatic heterocycles. The summed E-state index contributed by atoms with van der Waals surface area (Å²) in [7, 11) is 0. The third kappa shape index (κ3) is 3.82. The Morgan fingerprint density at radius 1 is 0.893 bits per heavy atom. The second-order valence-electron chi connectivity index (χ2n) is 9.25. The number of phenols is 1. The van der Waals surface area contributed by atoms with Gasteiger partial charge in [-0.25, -0.2) is 0 Å². The first-order valence-corrected chi connectivity index (χ1v) is 11.8. The number of phenolic OH excluding ortho intramolecular Hbond substituents is 1. The lowest BCUT2D eigenvalue weighted by Gasteiger charge is -2.22. The summed E-state index contributed by atoms with van der Waals surface area (Å²) in [6.45, 7) is 2.26. The normalized spacial score (nSPS) is 21.8. The molecule has 0 saturated heterocycles. The van der Waals surface area contributed by atoms with E-state index in [9.17, 15) is 9.90 Å². The van der Waals surface area contributed by atoms with Gasteiger partial charge in [0.1, 0.15) is 11.5 Å².